The number of nitrogens with two attached hydrogens (primary N) is 1. The lowest BCUT2D eigenvalue weighted by molar-refractivity contribution is 0.939. The third-order valence-corrected chi connectivity index (χ3v) is 4.09. The Balaban J connectivity index is 2.33. The summed E-state index contributed by atoms with van der Waals surface area (Å²) in [7, 11) is 0. The van der Waals surface area contributed by atoms with Crippen molar-refractivity contribution in [3.8, 4) is 11.3 Å². The van der Waals surface area contributed by atoms with E-state index < -0.39 is 0 Å². The minimum Gasteiger partial charge on any atom is -0.330 e. The van der Waals surface area contributed by atoms with Crippen LogP contribution in [0.5, 0.6) is 0 Å². The van der Waals surface area contributed by atoms with Gasteiger partial charge in [0.2, 0.25) is 0 Å². The van der Waals surface area contributed by atoms with E-state index >= 15 is 0 Å². The van der Waals surface area contributed by atoms with Crippen molar-refractivity contribution in [2.24, 2.45) is 5.73 Å². The molecule has 2 N–H and O–H groups in total. The van der Waals surface area contributed by atoms with Crippen molar-refractivity contribution < 1.29 is 0 Å². The van der Waals surface area contributed by atoms with Gasteiger partial charge in [-0.25, -0.2) is 4.98 Å². The van der Waals surface area contributed by atoms with Gasteiger partial charge in [0.1, 0.15) is 5.65 Å². The molecule has 0 fully saturated rings. The van der Waals surface area contributed by atoms with E-state index in [4.69, 9.17) is 10.7 Å². The Morgan fingerprint density at radius 3 is 2.71 bits per heavy atom. The third-order valence-electron chi connectivity index (χ3n) is 4.09. The molecule has 0 unspecified atom stereocenters. The average molecular weight is 279 g/mol. The van der Waals surface area contributed by atoms with Crippen molar-refractivity contribution in [3.63, 3.8) is 0 Å². The molecular weight excluding hydrogens is 258 g/mol. The largest absolute Gasteiger partial charge is 0.330 e. The van der Waals surface area contributed by atoms with Crippen molar-refractivity contribution >= 4 is 5.65 Å². The predicted molar refractivity (Wildman–Crippen MR) is 87.6 cm³/mol. The monoisotopic (exact) mass is 279 g/mol. The number of imidazole rings is 1. The number of aromatic nitrogens is 2. The van der Waals surface area contributed by atoms with Gasteiger partial charge in [0, 0.05) is 18.2 Å². The molecule has 0 aliphatic carbocycles. The number of benzene rings is 1. The molecule has 0 saturated carbocycles. The van der Waals surface area contributed by atoms with Gasteiger partial charge in [-0.05, 0) is 56.1 Å². The fraction of sp³-hybridized carbons (Fsp3) is 0.278. The molecule has 3 rings (SSSR count). The summed E-state index contributed by atoms with van der Waals surface area (Å²) < 4.78 is 2.18. The van der Waals surface area contributed by atoms with Gasteiger partial charge in [0.05, 0.1) is 11.4 Å². The SMILES string of the molecule is Cc1ccn2c(-c3cccc(C)c3C)c(CCN)nc2c1. The van der Waals surface area contributed by atoms with Crippen LogP contribution in [0.3, 0.4) is 0 Å². The van der Waals surface area contributed by atoms with Crippen molar-refractivity contribution in [3.05, 3.63) is 58.9 Å². The molecule has 2 heterocycles. The van der Waals surface area contributed by atoms with Crippen LogP contribution >= 0.6 is 0 Å². The van der Waals surface area contributed by atoms with Crippen molar-refractivity contribution in [2.75, 3.05) is 6.54 Å². The van der Waals surface area contributed by atoms with Gasteiger partial charge in [0.15, 0.2) is 0 Å². The van der Waals surface area contributed by atoms with E-state index in [-0.39, 0.29) is 0 Å². The minimum atomic E-state index is 0.612. The fourth-order valence-corrected chi connectivity index (χ4v) is 2.80. The summed E-state index contributed by atoms with van der Waals surface area (Å²) >= 11 is 0. The number of hydrogen-bond acceptors (Lipinski definition) is 2. The summed E-state index contributed by atoms with van der Waals surface area (Å²) in [6.07, 6.45) is 2.90. The maximum atomic E-state index is 5.78. The van der Waals surface area contributed by atoms with Gasteiger partial charge in [-0.2, -0.15) is 0 Å². The van der Waals surface area contributed by atoms with Gasteiger partial charge >= 0.3 is 0 Å². The van der Waals surface area contributed by atoms with Gasteiger partial charge in [-0.1, -0.05) is 18.2 Å². The molecule has 108 valence electrons. The van der Waals surface area contributed by atoms with Crippen molar-refractivity contribution in [2.45, 2.75) is 27.2 Å². The Kier molecular flexibility index (Phi) is 3.52. The van der Waals surface area contributed by atoms with E-state index in [0.29, 0.717) is 6.54 Å². The molecule has 0 spiro atoms. The molecule has 0 atom stereocenters. The molecule has 0 aliphatic heterocycles. The average Bonchev–Trinajstić information content (AvgIpc) is 2.79. The number of aryl methyl sites for hydroxylation is 2. The highest BCUT2D eigenvalue weighted by molar-refractivity contribution is 5.71. The topological polar surface area (TPSA) is 43.3 Å². The van der Waals surface area contributed by atoms with E-state index in [9.17, 15) is 0 Å². The maximum absolute atomic E-state index is 5.78. The summed E-state index contributed by atoms with van der Waals surface area (Å²) in [6, 6.07) is 10.7. The number of hydrogen-bond donors (Lipinski definition) is 1. The Hall–Kier alpha value is -2.13. The first-order chi connectivity index (χ1) is 10.1. The van der Waals surface area contributed by atoms with Gasteiger partial charge < -0.3 is 5.73 Å². The first kappa shape index (κ1) is 13.8. The maximum Gasteiger partial charge on any atom is 0.137 e. The highest BCUT2D eigenvalue weighted by Crippen LogP contribution is 2.30. The molecule has 3 heteroatoms. The normalized spacial score (nSPS) is 11.2. The number of fused-ring (bicyclic) bond motifs is 1. The number of pyridine rings is 1. The summed E-state index contributed by atoms with van der Waals surface area (Å²) in [5.74, 6) is 0. The van der Waals surface area contributed by atoms with E-state index in [2.05, 4.69) is 61.7 Å². The smallest absolute Gasteiger partial charge is 0.137 e. The summed E-state index contributed by atoms with van der Waals surface area (Å²) in [6.45, 7) is 7.02. The molecule has 0 aliphatic rings. The van der Waals surface area contributed by atoms with Crippen LogP contribution < -0.4 is 5.73 Å². The molecule has 0 amide bonds. The molecule has 3 aromatic rings. The minimum absolute atomic E-state index is 0.612. The van der Waals surface area contributed by atoms with Crippen LogP contribution in [0.25, 0.3) is 16.9 Å². The summed E-state index contributed by atoms with van der Waals surface area (Å²) in [5, 5.41) is 0. The zero-order valence-electron chi connectivity index (χ0n) is 12.9. The van der Waals surface area contributed by atoms with Gasteiger partial charge in [-0.3, -0.25) is 4.40 Å². The highest BCUT2D eigenvalue weighted by atomic mass is 15.0. The second-order valence-corrected chi connectivity index (χ2v) is 5.63. The second-order valence-electron chi connectivity index (χ2n) is 5.63. The highest BCUT2D eigenvalue weighted by Gasteiger charge is 2.15. The molecule has 21 heavy (non-hydrogen) atoms. The first-order valence-corrected chi connectivity index (χ1v) is 7.36. The van der Waals surface area contributed by atoms with E-state index in [1.165, 1.54) is 27.9 Å². The van der Waals surface area contributed by atoms with E-state index in [0.717, 1.165) is 17.8 Å². The van der Waals surface area contributed by atoms with E-state index in [1.54, 1.807) is 0 Å². The lowest BCUT2D eigenvalue weighted by Gasteiger charge is -2.10. The summed E-state index contributed by atoms with van der Waals surface area (Å²) in [4.78, 5) is 4.79. The lowest BCUT2D eigenvalue weighted by Crippen LogP contribution is -2.05. The van der Waals surface area contributed by atoms with Crippen LogP contribution in [0.2, 0.25) is 0 Å². The van der Waals surface area contributed by atoms with E-state index in [1.807, 2.05) is 0 Å². The lowest BCUT2D eigenvalue weighted by atomic mass is 9.99. The molecule has 2 aromatic heterocycles. The number of rotatable bonds is 3. The standard InChI is InChI=1S/C18H21N3/c1-12-8-10-21-17(11-12)20-16(7-9-19)18(21)15-6-4-5-13(2)14(15)3/h4-6,8,10-11H,7,9,19H2,1-3H3. The zero-order valence-corrected chi connectivity index (χ0v) is 12.9. The number of nitrogens with zero attached hydrogens (tertiary/aromatic N) is 2. The predicted octanol–water partition coefficient (Wildman–Crippen LogP) is 3.43. The first-order valence-electron chi connectivity index (χ1n) is 7.36. The quantitative estimate of drug-likeness (QED) is 0.798. The third kappa shape index (κ3) is 2.34. The molecule has 1 aromatic carbocycles. The Bertz CT molecular complexity index is 800. The Morgan fingerprint density at radius 2 is 1.95 bits per heavy atom. The summed E-state index contributed by atoms with van der Waals surface area (Å²) in [5.41, 5.74) is 14.1. The molecular formula is C18H21N3. The molecule has 0 bridgehead atoms. The van der Waals surface area contributed by atoms with Crippen molar-refractivity contribution in [1.29, 1.82) is 0 Å². The van der Waals surface area contributed by atoms with Crippen LogP contribution in [-0.4, -0.2) is 15.9 Å². The van der Waals surface area contributed by atoms with Gasteiger partial charge in [-0.15, -0.1) is 0 Å². The van der Waals surface area contributed by atoms with Gasteiger partial charge in [0.25, 0.3) is 0 Å². The second kappa shape index (κ2) is 5.34. The van der Waals surface area contributed by atoms with Crippen molar-refractivity contribution in [1.82, 2.24) is 9.38 Å². The van der Waals surface area contributed by atoms with Crippen LogP contribution in [-0.2, 0) is 6.42 Å². The Labute approximate surface area is 125 Å². The fourth-order valence-electron chi connectivity index (χ4n) is 2.80. The van der Waals surface area contributed by atoms with Crippen LogP contribution in [0.1, 0.15) is 22.4 Å². The molecule has 0 radical (unpaired) electrons. The zero-order chi connectivity index (χ0) is 15.0. The Morgan fingerprint density at radius 1 is 1.14 bits per heavy atom. The van der Waals surface area contributed by atoms with Crippen LogP contribution in [0.15, 0.2) is 36.5 Å². The molecule has 3 nitrogen and oxygen atoms in total. The molecule has 0 saturated heterocycles. The van der Waals surface area contributed by atoms with Crippen LogP contribution in [0, 0.1) is 20.8 Å². The van der Waals surface area contributed by atoms with Crippen LogP contribution in [0.4, 0.5) is 0 Å².